The van der Waals surface area contributed by atoms with Gasteiger partial charge >= 0.3 is 0 Å². The molecule has 0 unspecified atom stereocenters. The van der Waals surface area contributed by atoms with E-state index in [1.807, 2.05) is 40.2 Å². The summed E-state index contributed by atoms with van der Waals surface area (Å²) in [6.07, 6.45) is 7.51. The highest BCUT2D eigenvalue weighted by Gasteiger charge is 2.27. The van der Waals surface area contributed by atoms with Crippen molar-refractivity contribution in [1.29, 1.82) is 0 Å². The first kappa shape index (κ1) is 16.6. The molecule has 0 aliphatic carbocycles. The molecule has 1 aliphatic heterocycles. The number of imidazole rings is 1. The van der Waals surface area contributed by atoms with Crippen LogP contribution in [0.4, 0.5) is 0 Å². The van der Waals surface area contributed by atoms with Crippen molar-refractivity contribution in [1.82, 2.24) is 24.1 Å². The van der Waals surface area contributed by atoms with Crippen LogP contribution in [0.5, 0.6) is 0 Å². The Morgan fingerprint density at radius 3 is 2.84 bits per heavy atom. The molecule has 0 aromatic carbocycles. The van der Waals surface area contributed by atoms with Gasteiger partial charge in [0.05, 0.1) is 10.7 Å². The summed E-state index contributed by atoms with van der Waals surface area (Å²) in [7, 11) is 0. The van der Waals surface area contributed by atoms with Gasteiger partial charge in [0.25, 0.3) is 5.91 Å². The molecule has 4 rings (SSSR count). The van der Waals surface area contributed by atoms with Crippen LogP contribution in [-0.2, 0) is 6.54 Å². The molecular weight excluding hydrogens is 406 g/mol. The molecule has 130 valence electrons. The maximum atomic E-state index is 12.9. The van der Waals surface area contributed by atoms with E-state index in [1.165, 1.54) is 0 Å². The monoisotopic (exact) mass is 421 g/mol. The van der Waals surface area contributed by atoms with Crippen LogP contribution >= 0.6 is 27.5 Å². The third-order valence-corrected chi connectivity index (χ3v) is 5.31. The van der Waals surface area contributed by atoms with E-state index in [4.69, 9.17) is 11.6 Å². The van der Waals surface area contributed by atoms with Gasteiger partial charge in [-0.1, -0.05) is 17.7 Å². The number of piperidine rings is 1. The average molecular weight is 423 g/mol. The quantitative estimate of drug-likeness (QED) is 0.649. The van der Waals surface area contributed by atoms with Crippen LogP contribution in [-0.4, -0.2) is 43.1 Å². The number of halogens is 2. The van der Waals surface area contributed by atoms with Crippen molar-refractivity contribution in [2.45, 2.75) is 19.4 Å². The van der Waals surface area contributed by atoms with Gasteiger partial charge in [-0.3, -0.25) is 13.9 Å². The minimum atomic E-state index is -0.0519. The van der Waals surface area contributed by atoms with Crippen LogP contribution in [0.3, 0.4) is 0 Å². The maximum Gasteiger partial charge on any atom is 0.274 e. The molecule has 0 saturated carbocycles. The zero-order valence-corrected chi connectivity index (χ0v) is 15.8. The Balaban J connectivity index is 1.45. The summed E-state index contributed by atoms with van der Waals surface area (Å²) in [5.74, 6) is 0.470. The van der Waals surface area contributed by atoms with Gasteiger partial charge < -0.3 is 4.90 Å². The summed E-state index contributed by atoms with van der Waals surface area (Å²) < 4.78 is 4.70. The molecular formula is C17H17BrClN5O. The number of nitrogens with zero attached hydrogens (tertiary/aromatic N) is 5. The zero-order chi connectivity index (χ0) is 17.4. The largest absolute Gasteiger partial charge is 0.337 e. The van der Waals surface area contributed by atoms with Crippen molar-refractivity contribution in [3.63, 3.8) is 0 Å². The molecule has 1 saturated heterocycles. The van der Waals surface area contributed by atoms with Gasteiger partial charge in [0.15, 0.2) is 10.8 Å². The Morgan fingerprint density at radius 2 is 2.12 bits per heavy atom. The number of carbonyl (C=O) groups is 1. The molecule has 0 radical (unpaired) electrons. The van der Waals surface area contributed by atoms with E-state index in [0.29, 0.717) is 17.3 Å². The van der Waals surface area contributed by atoms with Gasteiger partial charge in [-0.2, -0.15) is 5.10 Å². The highest BCUT2D eigenvalue weighted by atomic mass is 79.9. The molecule has 1 aliphatic rings. The van der Waals surface area contributed by atoms with E-state index in [0.717, 1.165) is 36.9 Å². The van der Waals surface area contributed by atoms with E-state index in [9.17, 15) is 4.79 Å². The lowest BCUT2D eigenvalue weighted by atomic mass is 9.96. The first-order chi connectivity index (χ1) is 12.1. The van der Waals surface area contributed by atoms with Gasteiger partial charge in [-0.15, -0.1) is 0 Å². The van der Waals surface area contributed by atoms with Gasteiger partial charge in [-0.05, 0) is 46.8 Å². The minimum Gasteiger partial charge on any atom is -0.337 e. The van der Waals surface area contributed by atoms with Crippen LogP contribution in [0.25, 0.3) is 5.65 Å². The summed E-state index contributed by atoms with van der Waals surface area (Å²) in [4.78, 5) is 19.1. The summed E-state index contributed by atoms with van der Waals surface area (Å²) >= 11 is 9.64. The van der Waals surface area contributed by atoms with E-state index in [1.54, 1.807) is 10.6 Å². The molecule has 0 bridgehead atoms. The Labute approximate surface area is 158 Å². The number of pyridine rings is 1. The van der Waals surface area contributed by atoms with Crippen molar-refractivity contribution >= 4 is 39.1 Å². The number of aromatic nitrogens is 4. The van der Waals surface area contributed by atoms with Gasteiger partial charge in [0.1, 0.15) is 5.65 Å². The first-order valence-corrected chi connectivity index (χ1v) is 9.39. The number of rotatable bonds is 3. The summed E-state index contributed by atoms with van der Waals surface area (Å²) in [5, 5.41) is 4.57. The number of hydrogen-bond donors (Lipinski definition) is 0. The zero-order valence-electron chi connectivity index (χ0n) is 13.5. The van der Waals surface area contributed by atoms with Gasteiger partial charge in [-0.25, -0.2) is 4.98 Å². The van der Waals surface area contributed by atoms with Crippen molar-refractivity contribution in [3.05, 3.63) is 52.1 Å². The SMILES string of the molecule is O=C(c1c(Cl)nc2ccccn12)N1CCC(Cn2cc(Br)cn2)CC1. The molecule has 6 nitrogen and oxygen atoms in total. The smallest absolute Gasteiger partial charge is 0.274 e. The first-order valence-electron chi connectivity index (χ1n) is 8.21. The summed E-state index contributed by atoms with van der Waals surface area (Å²) in [5.41, 5.74) is 1.14. The second-order valence-corrected chi connectivity index (χ2v) is 7.57. The number of fused-ring (bicyclic) bond motifs is 1. The fraction of sp³-hybridized carbons (Fsp3) is 0.353. The molecule has 25 heavy (non-hydrogen) atoms. The van der Waals surface area contributed by atoms with Crippen molar-refractivity contribution < 1.29 is 4.79 Å². The fourth-order valence-electron chi connectivity index (χ4n) is 3.33. The molecule has 1 fully saturated rings. The van der Waals surface area contributed by atoms with Gasteiger partial charge in [0, 0.05) is 32.0 Å². The predicted octanol–water partition coefficient (Wildman–Crippen LogP) is 3.50. The molecule has 3 aromatic heterocycles. The standard InChI is InChI=1S/C17H17BrClN5O/c18-13-9-20-23(11-13)10-12-4-7-22(8-5-12)17(25)15-16(19)21-14-3-1-2-6-24(14)15/h1-3,6,9,11-12H,4-5,7-8,10H2. The Hall–Kier alpha value is -1.86. The molecule has 4 heterocycles. The van der Waals surface area contributed by atoms with E-state index >= 15 is 0 Å². The minimum absolute atomic E-state index is 0.0519. The predicted molar refractivity (Wildman–Crippen MR) is 98.8 cm³/mol. The van der Waals surface area contributed by atoms with Gasteiger partial charge in [0.2, 0.25) is 0 Å². The average Bonchev–Trinajstić information content (AvgIpc) is 3.17. The van der Waals surface area contributed by atoms with Crippen LogP contribution in [0, 0.1) is 5.92 Å². The number of hydrogen-bond acceptors (Lipinski definition) is 3. The van der Waals surface area contributed by atoms with E-state index in [-0.39, 0.29) is 11.1 Å². The number of amides is 1. The third kappa shape index (κ3) is 3.30. The molecule has 8 heteroatoms. The summed E-state index contributed by atoms with van der Waals surface area (Å²) in [6.45, 7) is 2.33. The lowest BCUT2D eigenvalue weighted by Gasteiger charge is -2.31. The number of likely N-dealkylation sites (tertiary alicyclic amines) is 1. The second kappa shape index (κ2) is 6.80. The Bertz CT molecular complexity index is 913. The highest BCUT2D eigenvalue weighted by molar-refractivity contribution is 9.10. The molecule has 0 N–H and O–H groups in total. The summed E-state index contributed by atoms with van der Waals surface area (Å²) in [6, 6.07) is 5.60. The van der Waals surface area contributed by atoms with Crippen LogP contribution in [0.1, 0.15) is 23.3 Å². The highest BCUT2D eigenvalue weighted by Crippen LogP contribution is 2.24. The fourth-order valence-corrected chi connectivity index (χ4v) is 3.92. The number of carbonyl (C=O) groups excluding carboxylic acids is 1. The topological polar surface area (TPSA) is 55.4 Å². The Morgan fingerprint density at radius 1 is 1.32 bits per heavy atom. The van der Waals surface area contributed by atoms with E-state index in [2.05, 4.69) is 26.0 Å². The lowest BCUT2D eigenvalue weighted by molar-refractivity contribution is 0.0674. The van der Waals surface area contributed by atoms with Crippen molar-refractivity contribution in [2.75, 3.05) is 13.1 Å². The maximum absolute atomic E-state index is 12.9. The lowest BCUT2D eigenvalue weighted by Crippen LogP contribution is -2.40. The van der Waals surface area contributed by atoms with Crippen LogP contribution in [0.15, 0.2) is 41.3 Å². The molecule has 0 spiro atoms. The third-order valence-electron chi connectivity index (χ3n) is 4.64. The van der Waals surface area contributed by atoms with E-state index < -0.39 is 0 Å². The molecule has 0 atom stereocenters. The van der Waals surface area contributed by atoms with Crippen LogP contribution < -0.4 is 0 Å². The second-order valence-electron chi connectivity index (χ2n) is 6.30. The van der Waals surface area contributed by atoms with Crippen LogP contribution in [0.2, 0.25) is 5.15 Å². The molecule has 3 aromatic rings. The molecule has 1 amide bonds. The Kier molecular flexibility index (Phi) is 4.52. The van der Waals surface area contributed by atoms with Crippen molar-refractivity contribution in [3.8, 4) is 0 Å². The van der Waals surface area contributed by atoms with Crippen molar-refractivity contribution in [2.24, 2.45) is 5.92 Å². The normalized spacial score (nSPS) is 15.8.